The van der Waals surface area contributed by atoms with Crippen molar-refractivity contribution in [3.63, 3.8) is 0 Å². The number of rotatable bonds is 6. The van der Waals surface area contributed by atoms with Crippen LogP contribution in [-0.4, -0.2) is 28.1 Å². The Bertz CT molecular complexity index is 1070. The molecule has 28 heavy (non-hydrogen) atoms. The van der Waals surface area contributed by atoms with Crippen LogP contribution in [0, 0.1) is 0 Å². The van der Waals surface area contributed by atoms with Crippen LogP contribution in [0.2, 0.25) is 5.02 Å². The highest BCUT2D eigenvalue weighted by molar-refractivity contribution is 7.89. The van der Waals surface area contributed by atoms with E-state index in [0.29, 0.717) is 11.6 Å². The number of hydrogen-bond acceptors (Lipinski definition) is 2. The topological polar surface area (TPSA) is 50.6 Å². The average Bonchev–Trinajstić information content (AvgIpc) is 3.23. The predicted octanol–water partition coefficient (Wildman–Crippen LogP) is 3.19. The zero-order valence-corrected chi connectivity index (χ0v) is 17.1. The number of likely N-dealkylation sites (tertiary alicyclic amines) is 1. The van der Waals surface area contributed by atoms with Crippen LogP contribution in [0.25, 0.3) is 10.8 Å². The zero-order valence-electron chi connectivity index (χ0n) is 15.6. The Morgan fingerprint density at radius 1 is 0.964 bits per heavy atom. The first-order valence-corrected chi connectivity index (χ1v) is 11.5. The van der Waals surface area contributed by atoms with Crippen molar-refractivity contribution in [2.24, 2.45) is 0 Å². The number of halogens is 1. The molecule has 4 rings (SSSR count). The molecule has 0 spiro atoms. The summed E-state index contributed by atoms with van der Waals surface area (Å²) in [5, 5.41) is 2.79. The Labute approximate surface area is 171 Å². The number of nitrogens with one attached hydrogen (secondary N) is 2. The van der Waals surface area contributed by atoms with Crippen LogP contribution >= 0.6 is 11.6 Å². The third kappa shape index (κ3) is 4.08. The van der Waals surface area contributed by atoms with Crippen molar-refractivity contribution in [1.29, 1.82) is 0 Å². The Morgan fingerprint density at radius 2 is 1.68 bits per heavy atom. The van der Waals surface area contributed by atoms with E-state index < -0.39 is 10.0 Å². The molecule has 0 aromatic heterocycles. The van der Waals surface area contributed by atoms with Gasteiger partial charge in [0, 0.05) is 23.4 Å². The fraction of sp³-hybridized carbons (Fsp3) is 0.273. The molecule has 3 aromatic carbocycles. The van der Waals surface area contributed by atoms with Crippen LogP contribution in [0.1, 0.15) is 24.4 Å². The maximum atomic E-state index is 12.8. The monoisotopic (exact) mass is 415 g/mol. The van der Waals surface area contributed by atoms with Crippen LogP contribution in [0.5, 0.6) is 0 Å². The van der Waals surface area contributed by atoms with Gasteiger partial charge in [0.1, 0.15) is 6.04 Å². The molecule has 1 aliphatic rings. The molecule has 4 nitrogen and oxygen atoms in total. The van der Waals surface area contributed by atoms with E-state index in [0.717, 1.165) is 13.1 Å². The minimum atomic E-state index is -3.62. The Balaban J connectivity index is 1.66. The highest BCUT2D eigenvalue weighted by Crippen LogP contribution is 2.24. The first kappa shape index (κ1) is 19.4. The maximum Gasteiger partial charge on any atom is 0.240 e. The Kier molecular flexibility index (Phi) is 5.69. The Morgan fingerprint density at radius 3 is 2.46 bits per heavy atom. The van der Waals surface area contributed by atoms with E-state index in [9.17, 15) is 8.42 Å². The van der Waals surface area contributed by atoms with Gasteiger partial charge in [-0.1, -0.05) is 60.1 Å². The maximum absolute atomic E-state index is 12.8. The third-order valence-electron chi connectivity index (χ3n) is 5.52. The van der Waals surface area contributed by atoms with E-state index in [4.69, 9.17) is 11.6 Å². The van der Waals surface area contributed by atoms with Gasteiger partial charge in [-0.2, -0.15) is 0 Å². The fourth-order valence-electron chi connectivity index (χ4n) is 4.12. The number of fused-ring (bicyclic) bond motifs is 1. The van der Waals surface area contributed by atoms with Crippen molar-refractivity contribution in [1.82, 2.24) is 4.72 Å². The second-order valence-corrected chi connectivity index (χ2v) is 9.50. The van der Waals surface area contributed by atoms with Crippen LogP contribution < -0.4 is 9.62 Å². The van der Waals surface area contributed by atoms with Crippen LogP contribution in [-0.2, 0) is 10.0 Å². The van der Waals surface area contributed by atoms with E-state index in [2.05, 4.69) is 35.1 Å². The third-order valence-corrected chi connectivity index (χ3v) is 7.18. The first-order valence-electron chi connectivity index (χ1n) is 9.62. The van der Waals surface area contributed by atoms with E-state index in [1.54, 1.807) is 18.2 Å². The van der Waals surface area contributed by atoms with E-state index in [1.807, 2.05) is 12.1 Å². The molecule has 6 heteroatoms. The molecule has 0 aliphatic carbocycles. The number of hydrogen-bond donors (Lipinski definition) is 2. The average molecular weight is 416 g/mol. The molecule has 0 unspecified atom stereocenters. The van der Waals surface area contributed by atoms with Gasteiger partial charge in [0.15, 0.2) is 0 Å². The summed E-state index contributed by atoms with van der Waals surface area (Å²) in [4.78, 5) is 1.64. The molecular formula is C22H24ClN2O2S+. The second kappa shape index (κ2) is 8.21. The second-order valence-electron chi connectivity index (χ2n) is 7.30. The summed E-state index contributed by atoms with van der Waals surface area (Å²) in [6.07, 6.45) is 2.36. The lowest BCUT2D eigenvalue weighted by atomic mass is 9.98. The molecule has 3 aromatic rings. The molecule has 1 atom stereocenters. The standard InChI is InChI=1S/C22H23ClN2O2S/c23-18-9-6-10-19(15-18)28(26,27)24-16-22(25-13-3-4-14-25)21-12-5-8-17-7-1-2-11-20(17)21/h1-2,5-12,15,22,24H,3-4,13-14,16H2/p+1/t22-/m0/s1. The van der Waals surface area contributed by atoms with Gasteiger partial charge in [-0.05, 0) is 29.0 Å². The molecule has 0 radical (unpaired) electrons. The smallest absolute Gasteiger partial charge is 0.240 e. The highest BCUT2D eigenvalue weighted by Gasteiger charge is 2.30. The molecule has 0 bridgehead atoms. The van der Waals surface area contributed by atoms with E-state index in [-0.39, 0.29) is 10.9 Å². The van der Waals surface area contributed by atoms with Gasteiger partial charge in [0.2, 0.25) is 10.0 Å². The summed E-state index contributed by atoms with van der Waals surface area (Å²) in [6, 6.07) is 21.1. The molecule has 1 fully saturated rings. The van der Waals surface area contributed by atoms with Gasteiger partial charge in [-0.25, -0.2) is 13.1 Å². The lowest BCUT2D eigenvalue weighted by Gasteiger charge is -2.26. The molecule has 0 amide bonds. The summed E-state index contributed by atoms with van der Waals surface area (Å²) < 4.78 is 28.5. The quantitative estimate of drug-likeness (QED) is 0.649. The van der Waals surface area contributed by atoms with Gasteiger partial charge < -0.3 is 4.90 Å². The van der Waals surface area contributed by atoms with E-state index >= 15 is 0 Å². The summed E-state index contributed by atoms with van der Waals surface area (Å²) in [7, 11) is -3.62. The first-order chi connectivity index (χ1) is 13.5. The zero-order chi connectivity index (χ0) is 19.6. The predicted molar refractivity (Wildman–Crippen MR) is 113 cm³/mol. The van der Waals surface area contributed by atoms with Gasteiger partial charge >= 0.3 is 0 Å². The molecule has 0 saturated carbocycles. The van der Waals surface area contributed by atoms with Gasteiger partial charge in [0.25, 0.3) is 0 Å². The van der Waals surface area contributed by atoms with Crippen molar-refractivity contribution in [2.45, 2.75) is 23.8 Å². The van der Waals surface area contributed by atoms with Crippen LogP contribution in [0.4, 0.5) is 0 Å². The SMILES string of the molecule is O=S(=O)(NC[C@@H](c1cccc2ccccc12)[NH+]1CCCC1)c1cccc(Cl)c1. The molecule has 2 N–H and O–H groups in total. The van der Waals surface area contributed by atoms with Crippen molar-refractivity contribution >= 4 is 32.4 Å². The number of sulfonamides is 1. The molecule has 1 saturated heterocycles. The lowest BCUT2D eigenvalue weighted by Crippen LogP contribution is -3.11. The van der Waals surface area contributed by atoms with Crippen LogP contribution in [0.15, 0.2) is 71.6 Å². The summed E-state index contributed by atoms with van der Waals surface area (Å²) >= 11 is 5.98. The van der Waals surface area contributed by atoms with Crippen molar-refractivity contribution in [3.05, 3.63) is 77.3 Å². The van der Waals surface area contributed by atoms with Crippen molar-refractivity contribution in [3.8, 4) is 0 Å². The lowest BCUT2D eigenvalue weighted by molar-refractivity contribution is -0.918. The fourth-order valence-corrected chi connectivity index (χ4v) is 5.46. The summed E-state index contributed by atoms with van der Waals surface area (Å²) in [5.41, 5.74) is 1.20. The highest BCUT2D eigenvalue weighted by atomic mass is 35.5. The molecule has 1 heterocycles. The number of quaternary nitrogens is 1. The summed E-state index contributed by atoms with van der Waals surface area (Å²) in [6.45, 7) is 2.48. The van der Waals surface area contributed by atoms with Gasteiger partial charge in [-0.3, -0.25) is 0 Å². The van der Waals surface area contributed by atoms with Crippen LogP contribution in [0.3, 0.4) is 0 Å². The minimum Gasteiger partial charge on any atom is -0.328 e. The largest absolute Gasteiger partial charge is 0.328 e. The Hall–Kier alpha value is -1.92. The van der Waals surface area contributed by atoms with E-state index in [1.165, 1.54) is 40.1 Å². The number of benzene rings is 3. The normalized spacial score (nSPS) is 16.5. The summed E-state index contributed by atoms with van der Waals surface area (Å²) in [5.74, 6) is 0. The van der Waals surface area contributed by atoms with Crippen molar-refractivity contribution in [2.75, 3.05) is 19.6 Å². The molecule has 1 aliphatic heterocycles. The minimum absolute atomic E-state index is 0.0718. The van der Waals surface area contributed by atoms with Crippen molar-refractivity contribution < 1.29 is 13.3 Å². The molecule has 146 valence electrons. The van der Waals surface area contributed by atoms with Gasteiger partial charge in [0.05, 0.1) is 24.5 Å². The van der Waals surface area contributed by atoms with Gasteiger partial charge in [-0.15, -0.1) is 0 Å². The molecular weight excluding hydrogens is 392 g/mol.